The summed E-state index contributed by atoms with van der Waals surface area (Å²) in [5.74, 6) is -0.334. The molecule has 0 saturated carbocycles. The van der Waals surface area contributed by atoms with Gasteiger partial charge in [0.05, 0.1) is 11.3 Å². The van der Waals surface area contributed by atoms with Crippen LogP contribution in [0.25, 0.3) is 0 Å². The minimum atomic E-state index is -3.05. The summed E-state index contributed by atoms with van der Waals surface area (Å²) in [5.41, 5.74) is 0.505. The number of hydrogen-bond donors (Lipinski definition) is 1. The summed E-state index contributed by atoms with van der Waals surface area (Å²) in [6, 6.07) is 5.39. The van der Waals surface area contributed by atoms with Crippen LogP contribution in [-0.4, -0.2) is 32.9 Å². The maximum atomic E-state index is 11.8. The molecule has 0 unspecified atom stereocenters. The lowest BCUT2D eigenvalue weighted by atomic mass is 10.2. The second-order valence-corrected chi connectivity index (χ2v) is 7.87. The second kappa shape index (κ2) is 6.14. The van der Waals surface area contributed by atoms with E-state index in [1.807, 2.05) is 6.07 Å². The standard InChI is InChI=1S/C10H11BrINO3S/c1-17(15,16)5-4-13-10(14)8-6-7(12)2-3-9(8)11/h2-3,6H,4-5H2,1H3,(H,13,14). The van der Waals surface area contributed by atoms with Crippen molar-refractivity contribution in [1.82, 2.24) is 5.32 Å². The van der Waals surface area contributed by atoms with Crippen LogP contribution in [0.4, 0.5) is 0 Å². The van der Waals surface area contributed by atoms with Crippen molar-refractivity contribution in [2.45, 2.75) is 0 Å². The Morgan fingerprint density at radius 2 is 2.12 bits per heavy atom. The molecule has 0 aliphatic rings. The van der Waals surface area contributed by atoms with Gasteiger partial charge in [-0.3, -0.25) is 4.79 Å². The number of amides is 1. The first-order valence-corrected chi connectivity index (χ1v) is 8.64. The SMILES string of the molecule is CS(=O)(=O)CCNC(=O)c1cc(I)ccc1Br. The molecular weight excluding hydrogens is 421 g/mol. The Morgan fingerprint density at radius 1 is 1.47 bits per heavy atom. The molecule has 0 atom stereocenters. The first-order chi connectivity index (χ1) is 7.79. The third kappa shape index (κ3) is 5.35. The zero-order chi connectivity index (χ0) is 13.1. The molecule has 17 heavy (non-hydrogen) atoms. The van der Waals surface area contributed by atoms with Gasteiger partial charge in [-0.15, -0.1) is 0 Å². The molecule has 1 aromatic carbocycles. The van der Waals surface area contributed by atoms with E-state index in [1.54, 1.807) is 12.1 Å². The summed E-state index contributed by atoms with van der Waals surface area (Å²) >= 11 is 5.39. The third-order valence-electron chi connectivity index (χ3n) is 1.93. The van der Waals surface area contributed by atoms with Crippen LogP contribution in [0.15, 0.2) is 22.7 Å². The highest BCUT2D eigenvalue weighted by atomic mass is 127. The lowest BCUT2D eigenvalue weighted by Gasteiger charge is -2.06. The van der Waals surface area contributed by atoms with E-state index in [4.69, 9.17) is 0 Å². The molecule has 1 rings (SSSR count). The second-order valence-electron chi connectivity index (χ2n) is 3.51. The van der Waals surface area contributed by atoms with E-state index in [1.165, 1.54) is 0 Å². The first-order valence-electron chi connectivity index (χ1n) is 4.70. The largest absolute Gasteiger partial charge is 0.351 e. The van der Waals surface area contributed by atoms with Crippen LogP contribution in [0.1, 0.15) is 10.4 Å². The first kappa shape index (κ1) is 14.9. The summed E-state index contributed by atoms with van der Waals surface area (Å²) in [4.78, 5) is 11.8. The van der Waals surface area contributed by atoms with E-state index in [0.29, 0.717) is 10.0 Å². The average molecular weight is 432 g/mol. The summed E-state index contributed by atoms with van der Waals surface area (Å²) in [7, 11) is -3.05. The van der Waals surface area contributed by atoms with Crippen LogP contribution in [0.3, 0.4) is 0 Å². The highest BCUT2D eigenvalue weighted by molar-refractivity contribution is 14.1. The van der Waals surface area contributed by atoms with Crippen LogP contribution in [0.2, 0.25) is 0 Å². The molecular formula is C10H11BrINO3S. The molecule has 1 aromatic rings. The molecule has 0 saturated heterocycles. The van der Waals surface area contributed by atoms with E-state index in [2.05, 4.69) is 43.8 Å². The zero-order valence-corrected chi connectivity index (χ0v) is 13.6. The quantitative estimate of drug-likeness (QED) is 0.739. The van der Waals surface area contributed by atoms with E-state index in [9.17, 15) is 13.2 Å². The number of halogens is 2. The molecule has 0 aliphatic heterocycles. The smallest absolute Gasteiger partial charge is 0.252 e. The Hall–Kier alpha value is -0.150. The summed E-state index contributed by atoms with van der Waals surface area (Å²) in [6.45, 7) is 0.121. The van der Waals surface area contributed by atoms with Crippen molar-refractivity contribution >= 4 is 54.3 Å². The molecule has 0 aliphatic carbocycles. The van der Waals surface area contributed by atoms with E-state index in [-0.39, 0.29) is 18.2 Å². The fraction of sp³-hybridized carbons (Fsp3) is 0.300. The van der Waals surface area contributed by atoms with Crippen LogP contribution >= 0.6 is 38.5 Å². The molecule has 4 nitrogen and oxygen atoms in total. The lowest BCUT2D eigenvalue weighted by molar-refractivity contribution is 0.0955. The predicted octanol–water partition coefficient (Wildman–Crippen LogP) is 1.83. The minimum absolute atomic E-state index is 0.0553. The van der Waals surface area contributed by atoms with E-state index < -0.39 is 9.84 Å². The summed E-state index contributed by atoms with van der Waals surface area (Å²) < 4.78 is 23.5. The van der Waals surface area contributed by atoms with Crippen molar-refractivity contribution in [3.63, 3.8) is 0 Å². The highest BCUT2D eigenvalue weighted by Crippen LogP contribution is 2.19. The Morgan fingerprint density at radius 3 is 2.71 bits per heavy atom. The van der Waals surface area contributed by atoms with Gasteiger partial charge >= 0.3 is 0 Å². The molecule has 0 aromatic heterocycles. The normalized spacial score (nSPS) is 11.2. The van der Waals surface area contributed by atoms with Gasteiger partial charge in [0.1, 0.15) is 9.84 Å². The lowest BCUT2D eigenvalue weighted by Crippen LogP contribution is -2.29. The number of nitrogens with one attached hydrogen (secondary N) is 1. The Balaban J connectivity index is 2.67. The van der Waals surface area contributed by atoms with Gasteiger partial charge in [0.25, 0.3) is 5.91 Å². The maximum Gasteiger partial charge on any atom is 0.252 e. The van der Waals surface area contributed by atoms with Gasteiger partial charge in [0.2, 0.25) is 0 Å². The number of sulfone groups is 1. The van der Waals surface area contributed by atoms with Crippen molar-refractivity contribution in [2.24, 2.45) is 0 Å². The van der Waals surface area contributed by atoms with Gasteiger partial charge in [0.15, 0.2) is 0 Å². The number of benzene rings is 1. The Kier molecular flexibility index (Phi) is 5.39. The fourth-order valence-corrected chi connectivity index (χ4v) is 2.51. The minimum Gasteiger partial charge on any atom is -0.351 e. The summed E-state index contributed by atoms with van der Waals surface area (Å²) in [6.07, 6.45) is 1.14. The van der Waals surface area contributed by atoms with Crippen LogP contribution < -0.4 is 5.32 Å². The molecule has 0 heterocycles. The molecule has 0 bridgehead atoms. The molecule has 0 radical (unpaired) electrons. The number of carbonyl (C=O) groups excluding carboxylic acids is 1. The highest BCUT2D eigenvalue weighted by Gasteiger charge is 2.11. The van der Waals surface area contributed by atoms with Gasteiger partial charge < -0.3 is 5.32 Å². The number of carbonyl (C=O) groups is 1. The zero-order valence-electron chi connectivity index (χ0n) is 9.04. The van der Waals surface area contributed by atoms with Crippen molar-refractivity contribution in [2.75, 3.05) is 18.6 Å². The van der Waals surface area contributed by atoms with Gasteiger partial charge in [-0.25, -0.2) is 8.42 Å². The molecule has 94 valence electrons. The van der Waals surface area contributed by atoms with Crippen LogP contribution in [-0.2, 0) is 9.84 Å². The van der Waals surface area contributed by atoms with Gasteiger partial charge in [-0.1, -0.05) is 0 Å². The van der Waals surface area contributed by atoms with E-state index >= 15 is 0 Å². The van der Waals surface area contributed by atoms with Crippen molar-refractivity contribution in [3.8, 4) is 0 Å². The molecule has 1 amide bonds. The van der Waals surface area contributed by atoms with E-state index in [0.717, 1.165) is 9.83 Å². The summed E-state index contributed by atoms with van der Waals surface area (Å²) in [5, 5.41) is 2.57. The topological polar surface area (TPSA) is 63.2 Å². The predicted molar refractivity (Wildman–Crippen MR) is 78.9 cm³/mol. The molecule has 1 N–H and O–H groups in total. The molecule has 7 heteroatoms. The number of hydrogen-bond acceptors (Lipinski definition) is 3. The van der Waals surface area contributed by atoms with Gasteiger partial charge in [-0.05, 0) is 56.7 Å². The van der Waals surface area contributed by atoms with Crippen molar-refractivity contribution < 1.29 is 13.2 Å². The van der Waals surface area contributed by atoms with Crippen molar-refractivity contribution in [1.29, 1.82) is 0 Å². The monoisotopic (exact) mass is 431 g/mol. The Labute approximate surface area is 122 Å². The molecule has 0 fully saturated rings. The fourth-order valence-electron chi connectivity index (χ4n) is 1.12. The maximum absolute atomic E-state index is 11.8. The van der Waals surface area contributed by atoms with Gasteiger partial charge in [-0.2, -0.15) is 0 Å². The van der Waals surface area contributed by atoms with Crippen LogP contribution in [0.5, 0.6) is 0 Å². The average Bonchev–Trinajstić information content (AvgIpc) is 2.19. The van der Waals surface area contributed by atoms with Crippen molar-refractivity contribution in [3.05, 3.63) is 31.8 Å². The molecule has 0 spiro atoms. The third-order valence-corrected chi connectivity index (χ3v) is 4.24. The number of rotatable bonds is 4. The van der Waals surface area contributed by atoms with Crippen LogP contribution in [0, 0.1) is 3.57 Å². The van der Waals surface area contributed by atoms with Gasteiger partial charge in [0, 0.05) is 20.8 Å². The Bertz CT molecular complexity index is 530.